The molecule has 0 aliphatic carbocycles. The third-order valence-corrected chi connectivity index (χ3v) is 3.19. The molecule has 0 saturated heterocycles. The summed E-state index contributed by atoms with van der Waals surface area (Å²) in [5.74, 6) is -0.331. The second kappa shape index (κ2) is 6.90. The van der Waals surface area contributed by atoms with Crippen molar-refractivity contribution in [2.24, 2.45) is 0 Å². The van der Waals surface area contributed by atoms with Gasteiger partial charge < -0.3 is 9.47 Å². The predicted molar refractivity (Wildman–Crippen MR) is 74.6 cm³/mol. The van der Waals surface area contributed by atoms with E-state index in [9.17, 15) is 4.79 Å². The van der Waals surface area contributed by atoms with Crippen LogP contribution in [0, 0.1) is 0 Å². The minimum Gasteiger partial charge on any atom is -0.464 e. The number of hydrogen-bond acceptors (Lipinski definition) is 3. The number of benzene rings is 1. The number of carbonyl (C=O) groups excluding carboxylic acids is 1. The average Bonchev–Trinajstić information content (AvgIpc) is 2.37. The number of alkyl halides is 1. The van der Waals surface area contributed by atoms with Crippen LogP contribution in [0.1, 0.15) is 31.9 Å². The van der Waals surface area contributed by atoms with E-state index in [1.54, 1.807) is 20.8 Å². The molecule has 1 rings (SSSR count). The Kier molecular flexibility index (Phi) is 5.82. The maximum atomic E-state index is 11.6. The molecule has 0 spiro atoms. The van der Waals surface area contributed by atoms with Gasteiger partial charge >= 0.3 is 5.97 Å². The van der Waals surface area contributed by atoms with Gasteiger partial charge in [-0.3, -0.25) is 0 Å². The van der Waals surface area contributed by atoms with Gasteiger partial charge in [0.25, 0.3) is 0 Å². The first-order valence-electron chi connectivity index (χ1n) is 5.94. The molecule has 1 aromatic rings. The second-order valence-corrected chi connectivity index (χ2v) is 5.03. The maximum Gasteiger partial charge on any atom is 0.337 e. The van der Waals surface area contributed by atoms with Crippen LogP contribution in [0.2, 0.25) is 0 Å². The molecule has 0 radical (unpaired) electrons. The summed E-state index contributed by atoms with van der Waals surface area (Å²) >= 11 is 3.40. The molecule has 1 aromatic carbocycles. The molecule has 0 aliphatic rings. The summed E-state index contributed by atoms with van der Waals surface area (Å²) in [7, 11) is 0. The largest absolute Gasteiger partial charge is 0.464 e. The fourth-order valence-corrected chi connectivity index (χ4v) is 1.73. The standard InChI is InChI=1S/C14H19BrO3/c1-4-17-13(16)14(2,3)18-10-12-7-5-11(9-15)6-8-12/h5-8H,4,9-10H2,1-3H3. The molecule has 18 heavy (non-hydrogen) atoms. The van der Waals surface area contributed by atoms with Crippen molar-refractivity contribution in [1.82, 2.24) is 0 Å². The number of esters is 1. The van der Waals surface area contributed by atoms with Crippen LogP contribution in [-0.4, -0.2) is 18.2 Å². The Hall–Kier alpha value is -0.870. The monoisotopic (exact) mass is 314 g/mol. The zero-order chi connectivity index (χ0) is 13.6. The number of halogens is 1. The van der Waals surface area contributed by atoms with Crippen LogP contribution in [0.25, 0.3) is 0 Å². The molecular formula is C14H19BrO3. The topological polar surface area (TPSA) is 35.5 Å². The first-order valence-corrected chi connectivity index (χ1v) is 7.06. The van der Waals surface area contributed by atoms with Crippen molar-refractivity contribution in [3.8, 4) is 0 Å². The molecule has 0 unspecified atom stereocenters. The van der Waals surface area contributed by atoms with Crippen molar-refractivity contribution in [2.45, 2.75) is 38.3 Å². The van der Waals surface area contributed by atoms with E-state index >= 15 is 0 Å². The van der Waals surface area contributed by atoms with E-state index in [1.165, 1.54) is 5.56 Å². The second-order valence-electron chi connectivity index (χ2n) is 4.47. The number of carbonyl (C=O) groups is 1. The van der Waals surface area contributed by atoms with Gasteiger partial charge in [0.15, 0.2) is 5.60 Å². The van der Waals surface area contributed by atoms with Crippen molar-refractivity contribution in [3.05, 3.63) is 35.4 Å². The Morgan fingerprint density at radius 3 is 2.28 bits per heavy atom. The first-order chi connectivity index (χ1) is 8.49. The van der Waals surface area contributed by atoms with E-state index in [1.807, 2.05) is 24.3 Å². The van der Waals surface area contributed by atoms with Gasteiger partial charge in [0.1, 0.15) is 0 Å². The smallest absolute Gasteiger partial charge is 0.337 e. The van der Waals surface area contributed by atoms with Crippen molar-refractivity contribution in [1.29, 1.82) is 0 Å². The van der Waals surface area contributed by atoms with Crippen LogP contribution in [0.3, 0.4) is 0 Å². The molecule has 0 saturated carbocycles. The zero-order valence-corrected chi connectivity index (χ0v) is 12.6. The van der Waals surface area contributed by atoms with Gasteiger partial charge in [-0.05, 0) is 31.9 Å². The molecule has 0 aromatic heterocycles. The van der Waals surface area contributed by atoms with E-state index in [0.29, 0.717) is 13.2 Å². The van der Waals surface area contributed by atoms with Crippen LogP contribution in [0.15, 0.2) is 24.3 Å². The van der Waals surface area contributed by atoms with E-state index < -0.39 is 5.60 Å². The van der Waals surface area contributed by atoms with Crippen molar-refractivity contribution in [3.63, 3.8) is 0 Å². The van der Waals surface area contributed by atoms with Gasteiger partial charge in [-0.2, -0.15) is 0 Å². The summed E-state index contributed by atoms with van der Waals surface area (Å²) in [5.41, 5.74) is 1.34. The minimum absolute atomic E-state index is 0.331. The van der Waals surface area contributed by atoms with Crippen LogP contribution >= 0.6 is 15.9 Å². The highest BCUT2D eigenvalue weighted by molar-refractivity contribution is 9.08. The number of hydrogen-bond donors (Lipinski definition) is 0. The van der Waals surface area contributed by atoms with E-state index in [0.717, 1.165) is 10.9 Å². The Morgan fingerprint density at radius 2 is 1.78 bits per heavy atom. The van der Waals surface area contributed by atoms with E-state index in [4.69, 9.17) is 9.47 Å². The summed E-state index contributed by atoms with van der Waals surface area (Å²) in [5, 5.41) is 0.836. The number of ether oxygens (including phenoxy) is 2. The van der Waals surface area contributed by atoms with E-state index in [2.05, 4.69) is 15.9 Å². The molecule has 4 heteroatoms. The molecule has 0 N–H and O–H groups in total. The van der Waals surface area contributed by atoms with Crippen molar-refractivity contribution in [2.75, 3.05) is 6.61 Å². The summed E-state index contributed by atoms with van der Waals surface area (Å²) in [6, 6.07) is 8.06. The maximum absolute atomic E-state index is 11.6. The molecule has 0 aliphatic heterocycles. The van der Waals surface area contributed by atoms with Gasteiger partial charge in [-0.25, -0.2) is 4.79 Å². The molecule has 0 heterocycles. The molecule has 0 atom stereocenters. The normalized spacial score (nSPS) is 11.3. The Balaban J connectivity index is 2.55. The first kappa shape index (κ1) is 15.2. The minimum atomic E-state index is -0.913. The highest BCUT2D eigenvalue weighted by Gasteiger charge is 2.29. The van der Waals surface area contributed by atoms with Gasteiger partial charge in [-0.15, -0.1) is 0 Å². The van der Waals surface area contributed by atoms with Gasteiger partial charge in [-0.1, -0.05) is 40.2 Å². The number of rotatable bonds is 6. The van der Waals surface area contributed by atoms with E-state index in [-0.39, 0.29) is 5.97 Å². The lowest BCUT2D eigenvalue weighted by molar-refractivity contribution is -0.169. The van der Waals surface area contributed by atoms with Crippen LogP contribution in [0.4, 0.5) is 0 Å². The highest BCUT2D eigenvalue weighted by Crippen LogP contribution is 2.16. The molecule has 0 bridgehead atoms. The SMILES string of the molecule is CCOC(=O)C(C)(C)OCc1ccc(CBr)cc1. The molecule has 100 valence electrons. The van der Waals surface area contributed by atoms with Crippen LogP contribution in [0.5, 0.6) is 0 Å². The summed E-state index contributed by atoms with van der Waals surface area (Å²) < 4.78 is 10.6. The Labute approximate surface area is 117 Å². The van der Waals surface area contributed by atoms with Crippen LogP contribution < -0.4 is 0 Å². The lowest BCUT2D eigenvalue weighted by Crippen LogP contribution is -2.36. The third kappa shape index (κ3) is 4.42. The quantitative estimate of drug-likeness (QED) is 0.596. The lowest BCUT2D eigenvalue weighted by Gasteiger charge is -2.22. The van der Waals surface area contributed by atoms with Gasteiger partial charge in [0.05, 0.1) is 13.2 Å². The Bertz CT molecular complexity index is 385. The van der Waals surface area contributed by atoms with Crippen molar-refractivity contribution >= 4 is 21.9 Å². The zero-order valence-electron chi connectivity index (χ0n) is 11.0. The molecule has 0 amide bonds. The fraction of sp³-hybridized carbons (Fsp3) is 0.500. The summed E-state index contributed by atoms with van der Waals surface area (Å²) in [6.45, 7) is 5.99. The van der Waals surface area contributed by atoms with Crippen molar-refractivity contribution < 1.29 is 14.3 Å². The van der Waals surface area contributed by atoms with Gasteiger partial charge in [0.2, 0.25) is 0 Å². The lowest BCUT2D eigenvalue weighted by atomic mass is 10.1. The highest BCUT2D eigenvalue weighted by atomic mass is 79.9. The van der Waals surface area contributed by atoms with Crippen LogP contribution in [-0.2, 0) is 26.2 Å². The Morgan fingerprint density at radius 1 is 1.22 bits per heavy atom. The predicted octanol–water partition coefficient (Wildman–Crippen LogP) is 3.44. The summed E-state index contributed by atoms with van der Waals surface area (Å²) in [4.78, 5) is 11.6. The fourth-order valence-electron chi connectivity index (χ4n) is 1.35. The molecular weight excluding hydrogens is 296 g/mol. The average molecular weight is 315 g/mol. The molecule has 3 nitrogen and oxygen atoms in total. The summed E-state index contributed by atoms with van der Waals surface area (Å²) in [6.07, 6.45) is 0. The van der Waals surface area contributed by atoms with Gasteiger partial charge in [0, 0.05) is 5.33 Å². The molecule has 0 fully saturated rings. The third-order valence-electron chi connectivity index (χ3n) is 2.54.